The molecule has 1 saturated heterocycles. The second-order valence-electron chi connectivity index (χ2n) is 8.71. The van der Waals surface area contributed by atoms with Crippen molar-refractivity contribution in [2.45, 2.75) is 25.8 Å². The lowest BCUT2D eigenvalue weighted by atomic mass is 9.89. The lowest BCUT2D eigenvalue weighted by Crippen LogP contribution is -2.42. The Bertz CT molecular complexity index is 1180. The van der Waals surface area contributed by atoms with Crippen molar-refractivity contribution in [2.75, 3.05) is 33.9 Å². The number of rotatable bonds is 8. The average molecular weight is 478 g/mol. The Morgan fingerprint density at radius 1 is 1.09 bits per heavy atom. The highest BCUT2D eigenvalue weighted by Gasteiger charge is 2.34. The van der Waals surface area contributed by atoms with Gasteiger partial charge in [0, 0.05) is 25.8 Å². The van der Waals surface area contributed by atoms with E-state index in [4.69, 9.17) is 9.47 Å². The van der Waals surface area contributed by atoms with Gasteiger partial charge in [0.2, 0.25) is 0 Å². The minimum absolute atomic E-state index is 0.0929. The van der Waals surface area contributed by atoms with Crippen LogP contribution in [-0.2, 0) is 4.74 Å². The van der Waals surface area contributed by atoms with Gasteiger partial charge in [-0.1, -0.05) is 42.5 Å². The lowest BCUT2D eigenvalue weighted by Gasteiger charge is -2.39. The van der Waals surface area contributed by atoms with Crippen LogP contribution in [0.1, 0.15) is 52.2 Å². The molecule has 0 spiro atoms. The van der Waals surface area contributed by atoms with Crippen molar-refractivity contribution in [1.29, 1.82) is 0 Å². The predicted octanol–water partition coefficient (Wildman–Crippen LogP) is 3.27. The first-order chi connectivity index (χ1) is 17.0. The van der Waals surface area contributed by atoms with Crippen LogP contribution in [0.15, 0.2) is 54.7 Å². The highest BCUT2D eigenvalue weighted by molar-refractivity contribution is 5.98. The first kappa shape index (κ1) is 24.4. The number of para-hydroxylation sites is 2. The van der Waals surface area contributed by atoms with Crippen molar-refractivity contribution < 1.29 is 19.1 Å². The molecule has 0 aliphatic carbocycles. The van der Waals surface area contributed by atoms with E-state index in [1.54, 1.807) is 26.4 Å². The topological polar surface area (TPSA) is 98.6 Å². The fourth-order valence-electron chi connectivity index (χ4n) is 4.49. The number of likely N-dealkylation sites (tertiary alicyclic amines) is 1. The van der Waals surface area contributed by atoms with Crippen LogP contribution in [0.3, 0.4) is 0 Å². The summed E-state index contributed by atoms with van der Waals surface area (Å²) < 4.78 is 12.0. The molecule has 2 atom stereocenters. The zero-order valence-electron chi connectivity index (χ0n) is 20.3. The molecule has 1 fully saturated rings. The molecule has 2 heterocycles. The third kappa shape index (κ3) is 5.35. The zero-order valence-corrected chi connectivity index (χ0v) is 20.3. The molecule has 1 aliphatic heterocycles. The van der Waals surface area contributed by atoms with Crippen LogP contribution in [0.5, 0.6) is 5.75 Å². The first-order valence-corrected chi connectivity index (χ1v) is 11.8. The van der Waals surface area contributed by atoms with E-state index in [-0.39, 0.29) is 23.6 Å². The average Bonchev–Trinajstić information content (AvgIpc) is 3.39. The summed E-state index contributed by atoms with van der Waals surface area (Å²) in [5.41, 5.74) is 2.24. The third-order valence-electron chi connectivity index (χ3n) is 6.28. The molecule has 35 heavy (non-hydrogen) atoms. The van der Waals surface area contributed by atoms with Crippen LogP contribution in [0.25, 0.3) is 5.69 Å². The van der Waals surface area contributed by atoms with Crippen LogP contribution in [0.4, 0.5) is 0 Å². The molecule has 1 aromatic heterocycles. The Morgan fingerprint density at radius 3 is 2.66 bits per heavy atom. The number of aromatic nitrogens is 3. The van der Waals surface area contributed by atoms with Gasteiger partial charge in [-0.25, -0.2) is 4.68 Å². The van der Waals surface area contributed by atoms with Gasteiger partial charge in [0.15, 0.2) is 5.69 Å². The second-order valence-corrected chi connectivity index (χ2v) is 8.71. The monoisotopic (exact) mass is 477 g/mol. The SMILES string of the molecule is COCCNC(=O)c1cn(-c2ccccc2C(=O)N2CC(C)CCC2c2ccccc2OC)nn1. The maximum atomic E-state index is 14.0. The van der Waals surface area contributed by atoms with E-state index in [2.05, 4.69) is 22.6 Å². The molecule has 0 radical (unpaired) electrons. The molecule has 2 aromatic carbocycles. The number of nitrogens with one attached hydrogen (secondary N) is 1. The van der Waals surface area contributed by atoms with E-state index in [1.807, 2.05) is 41.3 Å². The predicted molar refractivity (Wildman–Crippen MR) is 131 cm³/mol. The van der Waals surface area contributed by atoms with Crippen molar-refractivity contribution >= 4 is 11.8 Å². The second kappa shape index (κ2) is 11.1. The molecule has 2 unspecified atom stereocenters. The highest BCUT2D eigenvalue weighted by Crippen LogP contribution is 2.38. The van der Waals surface area contributed by atoms with Crippen LogP contribution >= 0.6 is 0 Å². The minimum Gasteiger partial charge on any atom is -0.496 e. The Hall–Kier alpha value is -3.72. The molecule has 0 bridgehead atoms. The van der Waals surface area contributed by atoms with E-state index in [0.717, 1.165) is 24.2 Å². The number of methoxy groups -OCH3 is 2. The van der Waals surface area contributed by atoms with E-state index < -0.39 is 0 Å². The van der Waals surface area contributed by atoms with E-state index in [9.17, 15) is 9.59 Å². The van der Waals surface area contributed by atoms with Crippen molar-refractivity contribution in [3.8, 4) is 11.4 Å². The molecule has 2 amide bonds. The van der Waals surface area contributed by atoms with E-state index >= 15 is 0 Å². The number of carbonyl (C=O) groups is 2. The van der Waals surface area contributed by atoms with Gasteiger partial charge in [-0.3, -0.25) is 9.59 Å². The molecule has 184 valence electrons. The minimum atomic E-state index is -0.349. The highest BCUT2D eigenvalue weighted by atomic mass is 16.5. The van der Waals surface area contributed by atoms with Crippen LogP contribution in [-0.4, -0.2) is 65.6 Å². The van der Waals surface area contributed by atoms with Crippen molar-refractivity contribution in [2.24, 2.45) is 5.92 Å². The van der Waals surface area contributed by atoms with Crippen molar-refractivity contribution in [3.05, 3.63) is 71.5 Å². The zero-order chi connectivity index (χ0) is 24.8. The smallest absolute Gasteiger partial charge is 0.273 e. The number of carbonyl (C=O) groups excluding carboxylic acids is 2. The van der Waals surface area contributed by atoms with Gasteiger partial charge in [-0.15, -0.1) is 5.10 Å². The number of amides is 2. The molecule has 3 aromatic rings. The van der Waals surface area contributed by atoms with Gasteiger partial charge < -0.3 is 19.7 Å². The molecule has 4 rings (SSSR count). The fraction of sp³-hybridized carbons (Fsp3) is 0.385. The normalized spacial score (nSPS) is 17.7. The third-order valence-corrected chi connectivity index (χ3v) is 6.28. The summed E-state index contributed by atoms with van der Waals surface area (Å²) >= 11 is 0. The van der Waals surface area contributed by atoms with E-state index in [1.165, 1.54) is 10.9 Å². The summed E-state index contributed by atoms with van der Waals surface area (Å²) in [5.74, 6) is 0.715. The van der Waals surface area contributed by atoms with Gasteiger partial charge in [-0.2, -0.15) is 0 Å². The first-order valence-electron chi connectivity index (χ1n) is 11.8. The van der Waals surface area contributed by atoms with Gasteiger partial charge >= 0.3 is 0 Å². The lowest BCUT2D eigenvalue weighted by molar-refractivity contribution is 0.0540. The van der Waals surface area contributed by atoms with Crippen molar-refractivity contribution in [3.63, 3.8) is 0 Å². The Kier molecular flexibility index (Phi) is 7.77. The number of nitrogens with zero attached hydrogens (tertiary/aromatic N) is 4. The molecule has 1 aliphatic rings. The van der Waals surface area contributed by atoms with Crippen molar-refractivity contribution in [1.82, 2.24) is 25.2 Å². The molecular weight excluding hydrogens is 446 g/mol. The number of piperidine rings is 1. The van der Waals surface area contributed by atoms with Crippen LogP contribution < -0.4 is 10.1 Å². The van der Waals surface area contributed by atoms with E-state index in [0.29, 0.717) is 36.9 Å². The number of benzene rings is 2. The quantitative estimate of drug-likeness (QED) is 0.500. The van der Waals surface area contributed by atoms with Crippen LogP contribution in [0, 0.1) is 5.92 Å². The largest absolute Gasteiger partial charge is 0.496 e. The summed E-state index contributed by atoms with van der Waals surface area (Å²) in [5, 5.41) is 10.9. The maximum absolute atomic E-state index is 14.0. The summed E-state index contributed by atoms with van der Waals surface area (Å²) in [7, 11) is 3.22. The van der Waals surface area contributed by atoms with Crippen LogP contribution in [0.2, 0.25) is 0 Å². The molecule has 0 saturated carbocycles. The number of hydrogen-bond acceptors (Lipinski definition) is 6. The van der Waals surface area contributed by atoms with Gasteiger partial charge in [0.25, 0.3) is 11.8 Å². The summed E-state index contributed by atoms with van der Waals surface area (Å²) in [4.78, 5) is 28.3. The number of hydrogen-bond donors (Lipinski definition) is 1. The maximum Gasteiger partial charge on any atom is 0.273 e. The molecule has 9 nitrogen and oxygen atoms in total. The fourth-order valence-corrected chi connectivity index (χ4v) is 4.49. The Labute approximate surface area is 205 Å². The van der Waals surface area contributed by atoms with Gasteiger partial charge in [0.05, 0.1) is 37.2 Å². The Morgan fingerprint density at radius 2 is 1.86 bits per heavy atom. The molecular formula is C26H31N5O4. The summed E-state index contributed by atoms with van der Waals surface area (Å²) in [6.07, 6.45) is 3.41. The Balaban J connectivity index is 1.64. The summed E-state index contributed by atoms with van der Waals surface area (Å²) in [6.45, 7) is 3.57. The number of ether oxygens (including phenoxy) is 2. The standard InChI is InChI=1S/C26H31N5O4/c1-18-12-13-22(19-8-5-7-11-24(19)35-3)30(16-18)26(33)20-9-4-6-10-23(20)31-17-21(28-29-31)25(32)27-14-15-34-2/h4-11,17-18,22H,12-16H2,1-3H3,(H,27,32). The molecule has 1 N–H and O–H groups in total. The summed E-state index contributed by atoms with van der Waals surface area (Å²) in [6, 6.07) is 15.0. The molecule has 9 heteroatoms. The van der Waals surface area contributed by atoms with Gasteiger partial charge in [-0.05, 0) is 37.0 Å². The van der Waals surface area contributed by atoms with Gasteiger partial charge in [0.1, 0.15) is 5.75 Å².